The predicted molar refractivity (Wildman–Crippen MR) is 103 cm³/mol. The molecule has 0 aliphatic heterocycles. The average Bonchev–Trinajstić information content (AvgIpc) is 2.94. The number of thiazole rings is 1. The zero-order valence-electron chi connectivity index (χ0n) is 14.2. The van der Waals surface area contributed by atoms with Crippen LogP contribution in [0.3, 0.4) is 0 Å². The molecule has 6 nitrogen and oxygen atoms in total. The second kappa shape index (κ2) is 7.68. The summed E-state index contributed by atoms with van der Waals surface area (Å²) in [7, 11) is 0. The van der Waals surface area contributed by atoms with Crippen molar-refractivity contribution in [3.05, 3.63) is 63.1 Å². The number of allylic oxidation sites excluding steroid dienone is 1. The number of anilines is 1. The lowest BCUT2D eigenvalue weighted by atomic mass is 10.1. The van der Waals surface area contributed by atoms with Gasteiger partial charge in [-0.15, -0.1) is 6.58 Å². The highest BCUT2D eigenvalue weighted by Crippen LogP contribution is 2.34. The van der Waals surface area contributed by atoms with Gasteiger partial charge in [-0.25, -0.2) is 4.98 Å². The van der Waals surface area contributed by atoms with Gasteiger partial charge in [-0.1, -0.05) is 29.5 Å². The first kappa shape index (κ1) is 20.0. The molecule has 0 saturated heterocycles. The maximum atomic E-state index is 13.0. The monoisotopic (exact) mass is 426 g/mol. The Hall–Kier alpha value is -2.79. The Bertz CT molecular complexity index is 1180. The number of nitrogens with zero attached hydrogens (tertiary/aromatic N) is 3. The van der Waals surface area contributed by atoms with E-state index in [0.29, 0.717) is 16.1 Å². The molecule has 0 atom stereocenters. The van der Waals surface area contributed by atoms with Gasteiger partial charge < -0.3 is 9.88 Å². The topological polar surface area (TPSA) is 68.9 Å². The SMILES string of the molecule is C=CCn1c(=S)sc2c(=O)n(CC(=O)Nc3ccccc3C(F)(F)F)cnc21. The molecule has 0 spiro atoms. The van der Waals surface area contributed by atoms with Gasteiger partial charge in [-0.2, -0.15) is 13.2 Å². The number of hydrogen-bond donors (Lipinski definition) is 1. The Kier molecular flexibility index (Phi) is 5.47. The van der Waals surface area contributed by atoms with Gasteiger partial charge >= 0.3 is 6.18 Å². The van der Waals surface area contributed by atoms with Crippen LogP contribution in [-0.2, 0) is 24.1 Å². The van der Waals surface area contributed by atoms with Gasteiger partial charge in [0.15, 0.2) is 9.60 Å². The van der Waals surface area contributed by atoms with Crippen LogP contribution in [0.2, 0.25) is 0 Å². The van der Waals surface area contributed by atoms with Crippen molar-refractivity contribution in [3.8, 4) is 0 Å². The standard InChI is InChI=1S/C17H13F3N4O2S2/c1-2-7-24-14-13(28-16(24)27)15(26)23(9-21-14)8-12(25)22-11-6-4-3-5-10(11)17(18,19)20/h2-6,9H,1,7-8H2,(H,22,25). The van der Waals surface area contributed by atoms with E-state index in [1.165, 1.54) is 18.5 Å². The van der Waals surface area contributed by atoms with Crippen LogP contribution in [0.25, 0.3) is 10.3 Å². The van der Waals surface area contributed by atoms with Crippen LogP contribution in [0.5, 0.6) is 0 Å². The number of fused-ring (bicyclic) bond motifs is 1. The van der Waals surface area contributed by atoms with Crippen molar-refractivity contribution in [2.75, 3.05) is 5.32 Å². The molecule has 28 heavy (non-hydrogen) atoms. The summed E-state index contributed by atoms with van der Waals surface area (Å²) >= 11 is 6.25. The first-order chi connectivity index (χ1) is 13.2. The number of aromatic nitrogens is 3. The molecular formula is C17H13F3N4O2S2. The van der Waals surface area contributed by atoms with E-state index in [0.717, 1.165) is 28.0 Å². The van der Waals surface area contributed by atoms with Crippen LogP contribution in [0.1, 0.15) is 5.56 Å². The molecule has 0 fully saturated rings. The molecule has 0 saturated carbocycles. The number of benzene rings is 1. The van der Waals surface area contributed by atoms with Crippen LogP contribution < -0.4 is 10.9 Å². The van der Waals surface area contributed by atoms with E-state index in [2.05, 4.69) is 16.9 Å². The largest absolute Gasteiger partial charge is 0.418 e. The molecule has 2 aromatic heterocycles. The van der Waals surface area contributed by atoms with Gasteiger partial charge in [0.1, 0.15) is 17.6 Å². The van der Waals surface area contributed by atoms with E-state index >= 15 is 0 Å². The number of hydrogen-bond acceptors (Lipinski definition) is 5. The van der Waals surface area contributed by atoms with Crippen molar-refractivity contribution < 1.29 is 18.0 Å². The Morgan fingerprint density at radius 1 is 1.36 bits per heavy atom. The maximum absolute atomic E-state index is 13.0. The third-order valence-corrected chi connectivity index (χ3v) is 5.20. The molecule has 146 valence electrons. The highest BCUT2D eigenvalue weighted by atomic mass is 32.1. The van der Waals surface area contributed by atoms with Crippen LogP contribution in [0.4, 0.5) is 18.9 Å². The number of carbonyl (C=O) groups is 1. The first-order valence-corrected chi connectivity index (χ1v) is 9.10. The van der Waals surface area contributed by atoms with Crippen molar-refractivity contribution in [2.24, 2.45) is 0 Å². The van der Waals surface area contributed by atoms with E-state index in [1.807, 2.05) is 0 Å². The molecule has 1 aromatic carbocycles. The van der Waals surface area contributed by atoms with Crippen LogP contribution in [0.15, 0.2) is 48.0 Å². The van der Waals surface area contributed by atoms with Crippen molar-refractivity contribution in [1.29, 1.82) is 0 Å². The summed E-state index contributed by atoms with van der Waals surface area (Å²) in [5.74, 6) is -0.783. The molecule has 0 aliphatic rings. The Morgan fingerprint density at radius 2 is 2.07 bits per heavy atom. The normalized spacial score (nSPS) is 11.5. The van der Waals surface area contributed by atoms with E-state index in [-0.39, 0.29) is 10.4 Å². The molecule has 0 unspecified atom stereocenters. The van der Waals surface area contributed by atoms with Crippen LogP contribution in [0, 0.1) is 3.95 Å². The second-order valence-corrected chi connectivity index (χ2v) is 7.33. The fraction of sp³-hybridized carbons (Fsp3) is 0.176. The van der Waals surface area contributed by atoms with Gasteiger partial charge in [0.2, 0.25) is 5.91 Å². The summed E-state index contributed by atoms with van der Waals surface area (Å²) in [6.45, 7) is 3.51. The summed E-state index contributed by atoms with van der Waals surface area (Å²) in [6, 6.07) is 4.61. The van der Waals surface area contributed by atoms with Gasteiger partial charge in [0.25, 0.3) is 5.56 Å². The van der Waals surface area contributed by atoms with Gasteiger partial charge in [0.05, 0.1) is 11.3 Å². The highest BCUT2D eigenvalue weighted by molar-refractivity contribution is 7.73. The molecule has 3 aromatic rings. The fourth-order valence-electron chi connectivity index (χ4n) is 2.56. The predicted octanol–water partition coefficient (Wildman–Crippen LogP) is 3.83. The summed E-state index contributed by atoms with van der Waals surface area (Å²) < 4.78 is 42.4. The van der Waals surface area contributed by atoms with Crippen molar-refractivity contribution in [3.63, 3.8) is 0 Å². The third kappa shape index (κ3) is 3.90. The van der Waals surface area contributed by atoms with Crippen LogP contribution >= 0.6 is 23.6 Å². The minimum Gasteiger partial charge on any atom is -0.324 e. The second-order valence-electron chi connectivity index (χ2n) is 5.69. The maximum Gasteiger partial charge on any atom is 0.418 e. The number of para-hydroxylation sites is 1. The Morgan fingerprint density at radius 3 is 2.75 bits per heavy atom. The Balaban J connectivity index is 1.89. The number of halogens is 3. The molecule has 0 bridgehead atoms. The molecule has 3 rings (SSSR count). The van der Waals surface area contributed by atoms with E-state index < -0.39 is 29.8 Å². The molecule has 11 heteroatoms. The Labute approximate surface area is 165 Å². The lowest BCUT2D eigenvalue weighted by Crippen LogP contribution is -2.28. The van der Waals surface area contributed by atoms with Crippen molar-refractivity contribution in [2.45, 2.75) is 19.3 Å². The molecular weight excluding hydrogens is 413 g/mol. The minimum atomic E-state index is -4.61. The van der Waals surface area contributed by atoms with E-state index in [9.17, 15) is 22.8 Å². The average molecular weight is 426 g/mol. The lowest BCUT2D eigenvalue weighted by molar-refractivity contribution is -0.137. The zero-order valence-corrected chi connectivity index (χ0v) is 15.8. The summed E-state index contributed by atoms with van der Waals surface area (Å²) in [6.07, 6.45) is -1.83. The first-order valence-electron chi connectivity index (χ1n) is 7.88. The molecule has 1 N–H and O–H groups in total. The molecule has 1 amide bonds. The van der Waals surface area contributed by atoms with E-state index in [1.54, 1.807) is 10.6 Å². The fourth-order valence-corrected chi connectivity index (χ4v) is 3.87. The molecule has 0 radical (unpaired) electrons. The van der Waals surface area contributed by atoms with Crippen molar-refractivity contribution in [1.82, 2.24) is 14.1 Å². The quantitative estimate of drug-likeness (QED) is 0.497. The zero-order chi connectivity index (χ0) is 20.5. The third-order valence-electron chi connectivity index (χ3n) is 3.78. The number of amides is 1. The molecule has 2 heterocycles. The number of carbonyl (C=O) groups excluding carboxylic acids is 1. The molecule has 0 aliphatic carbocycles. The smallest absolute Gasteiger partial charge is 0.324 e. The van der Waals surface area contributed by atoms with E-state index in [4.69, 9.17) is 12.2 Å². The summed E-state index contributed by atoms with van der Waals surface area (Å²) in [4.78, 5) is 29.0. The summed E-state index contributed by atoms with van der Waals surface area (Å²) in [5, 5.41) is 2.20. The van der Waals surface area contributed by atoms with Crippen molar-refractivity contribution >= 4 is 45.5 Å². The highest BCUT2D eigenvalue weighted by Gasteiger charge is 2.33. The number of rotatable bonds is 5. The van der Waals surface area contributed by atoms with Gasteiger partial charge in [0, 0.05) is 6.54 Å². The number of nitrogens with one attached hydrogen (secondary N) is 1. The van der Waals surface area contributed by atoms with Gasteiger partial charge in [-0.05, 0) is 24.4 Å². The minimum absolute atomic E-state index is 0.262. The van der Waals surface area contributed by atoms with Crippen LogP contribution in [-0.4, -0.2) is 20.0 Å². The van der Waals surface area contributed by atoms with Gasteiger partial charge in [-0.3, -0.25) is 14.2 Å². The number of alkyl halides is 3. The lowest BCUT2D eigenvalue weighted by Gasteiger charge is -2.13. The summed E-state index contributed by atoms with van der Waals surface area (Å²) in [5.41, 5.74) is -1.47.